The molecule has 0 bridgehead atoms. The number of furan rings is 1. The van der Waals surface area contributed by atoms with E-state index in [0.717, 1.165) is 22.4 Å². The van der Waals surface area contributed by atoms with Gasteiger partial charge in [-0.2, -0.15) is 5.10 Å². The number of thiocarbonyl (C=S) groups is 1. The zero-order valence-electron chi connectivity index (χ0n) is 11.8. The first-order chi connectivity index (χ1) is 10.2. The molecule has 0 unspecified atom stereocenters. The Morgan fingerprint density at radius 2 is 1.95 bits per heavy atom. The number of hydrazone groups is 1. The Kier molecular flexibility index (Phi) is 3.58. The minimum atomic E-state index is 0.468. The molecule has 106 valence electrons. The van der Waals surface area contributed by atoms with Gasteiger partial charge in [-0.05, 0) is 42.0 Å². The first kappa shape index (κ1) is 13.6. The second-order valence-electron chi connectivity index (χ2n) is 4.70. The smallest absolute Gasteiger partial charge is 0.186 e. The highest BCUT2D eigenvalue weighted by Gasteiger charge is 2.09. The topological polar surface area (TPSA) is 49.6 Å². The van der Waals surface area contributed by atoms with Crippen LogP contribution < -0.4 is 10.7 Å². The van der Waals surface area contributed by atoms with Crippen LogP contribution in [0.5, 0.6) is 0 Å². The predicted molar refractivity (Wildman–Crippen MR) is 90.7 cm³/mol. The van der Waals surface area contributed by atoms with Gasteiger partial charge in [0, 0.05) is 12.4 Å². The molecule has 0 fully saturated rings. The molecule has 2 aromatic carbocycles. The molecule has 0 spiro atoms. The Morgan fingerprint density at radius 3 is 2.76 bits per heavy atom. The molecule has 0 radical (unpaired) electrons. The van der Waals surface area contributed by atoms with E-state index >= 15 is 0 Å². The van der Waals surface area contributed by atoms with Crippen LogP contribution in [-0.2, 0) is 0 Å². The minimum absolute atomic E-state index is 0.468. The van der Waals surface area contributed by atoms with Crippen molar-refractivity contribution in [2.24, 2.45) is 5.10 Å². The third kappa shape index (κ3) is 2.60. The van der Waals surface area contributed by atoms with Crippen LogP contribution in [0.1, 0.15) is 12.7 Å². The predicted octanol–water partition coefficient (Wildman–Crippen LogP) is 3.40. The average molecular weight is 297 g/mol. The molecule has 1 aromatic heterocycles. The lowest BCUT2D eigenvalue weighted by molar-refractivity contribution is 0.603. The lowest BCUT2D eigenvalue weighted by Crippen LogP contribution is -2.29. The standard InChI is InChI=1S/C16H15N3OS/c1-10(18-19-16(21)17-2)15-9-13-12-6-4-3-5-11(12)7-8-14(13)20-15/h3-9H,1-2H3,(H2,17,19,21)/b18-10-. The van der Waals surface area contributed by atoms with E-state index < -0.39 is 0 Å². The van der Waals surface area contributed by atoms with Crippen molar-refractivity contribution in [2.75, 3.05) is 7.05 Å². The second kappa shape index (κ2) is 5.54. The fourth-order valence-corrected chi connectivity index (χ4v) is 2.26. The van der Waals surface area contributed by atoms with Crippen LogP contribution in [-0.4, -0.2) is 17.9 Å². The van der Waals surface area contributed by atoms with Crippen molar-refractivity contribution in [2.45, 2.75) is 6.92 Å². The molecule has 0 saturated heterocycles. The second-order valence-corrected chi connectivity index (χ2v) is 5.11. The van der Waals surface area contributed by atoms with Crippen LogP contribution in [0, 0.1) is 0 Å². The SMILES string of the molecule is CNC(=S)N/N=C(/C)c1cc2c(ccc3ccccc32)o1. The molecular formula is C16H15N3OS. The van der Waals surface area contributed by atoms with Crippen molar-refractivity contribution >= 4 is 44.8 Å². The Morgan fingerprint density at radius 1 is 1.14 bits per heavy atom. The van der Waals surface area contributed by atoms with Crippen LogP contribution in [0.15, 0.2) is 52.0 Å². The fourth-order valence-electron chi connectivity index (χ4n) is 2.22. The summed E-state index contributed by atoms with van der Waals surface area (Å²) in [7, 11) is 1.74. The molecule has 0 aliphatic carbocycles. The van der Waals surface area contributed by atoms with Crippen LogP contribution >= 0.6 is 12.2 Å². The maximum atomic E-state index is 5.87. The van der Waals surface area contributed by atoms with E-state index in [2.05, 4.69) is 34.0 Å². The van der Waals surface area contributed by atoms with Crippen LogP contribution in [0.3, 0.4) is 0 Å². The Hall–Kier alpha value is -2.40. The molecule has 4 nitrogen and oxygen atoms in total. The van der Waals surface area contributed by atoms with Gasteiger partial charge in [-0.1, -0.05) is 30.3 Å². The molecular weight excluding hydrogens is 282 g/mol. The molecule has 0 aliphatic heterocycles. The first-order valence-electron chi connectivity index (χ1n) is 6.62. The average Bonchev–Trinajstić information content (AvgIpc) is 2.96. The zero-order chi connectivity index (χ0) is 14.8. The fraction of sp³-hybridized carbons (Fsp3) is 0.125. The number of fused-ring (bicyclic) bond motifs is 3. The normalized spacial score (nSPS) is 11.8. The Balaban J connectivity index is 2.05. The monoisotopic (exact) mass is 297 g/mol. The molecule has 1 heterocycles. The van der Waals surface area contributed by atoms with Crippen LogP contribution in [0.4, 0.5) is 0 Å². The number of benzene rings is 2. The largest absolute Gasteiger partial charge is 0.455 e. The van der Waals surface area contributed by atoms with Crippen molar-refractivity contribution in [3.8, 4) is 0 Å². The number of nitrogens with zero attached hydrogens (tertiary/aromatic N) is 1. The van der Waals surface area contributed by atoms with E-state index in [9.17, 15) is 0 Å². The number of nitrogens with one attached hydrogen (secondary N) is 2. The molecule has 0 amide bonds. The molecule has 0 aliphatic rings. The maximum absolute atomic E-state index is 5.87. The zero-order valence-corrected chi connectivity index (χ0v) is 12.6. The van der Waals surface area contributed by atoms with Gasteiger partial charge in [-0.15, -0.1) is 0 Å². The number of rotatable bonds is 2. The molecule has 2 N–H and O–H groups in total. The van der Waals surface area contributed by atoms with Gasteiger partial charge in [0.2, 0.25) is 0 Å². The summed E-state index contributed by atoms with van der Waals surface area (Å²) in [5.41, 5.74) is 4.36. The van der Waals surface area contributed by atoms with E-state index in [0.29, 0.717) is 5.11 Å². The molecule has 0 saturated carbocycles. The third-order valence-electron chi connectivity index (χ3n) is 3.33. The van der Waals surface area contributed by atoms with Crippen molar-refractivity contribution in [1.82, 2.24) is 10.7 Å². The number of hydrogen-bond donors (Lipinski definition) is 2. The Bertz CT molecular complexity index is 851. The maximum Gasteiger partial charge on any atom is 0.186 e. The highest BCUT2D eigenvalue weighted by Crippen LogP contribution is 2.28. The minimum Gasteiger partial charge on any atom is -0.455 e. The van der Waals surface area contributed by atoms with Gasteiger partial charge in [-0.3, -0.25) is 5.43 Å². The summed E-state index contributed by atoms with van der Waals surface area (Å²) in [6, 6.07) is 14.3. The van der Waals surface area contributed by atoms with E-state index in [1.165, 1.54) is 10.8 Å². The van der Waals surface area contributed by atoms with Crippen molar-refractivity contribution < 1.29 is 4.42 Å². The van der Waals surface area contributed by atoms with Gasteiger partial charge >= 0.3 is 0 Å². The van der Waals surface area contributed by atoms with Crippen molar-refractivity contribution in [3.63, 3.8) is 0 Å². The van der Waals surface area contributed by atoms with Gasteiger partial charge in [-0.25, -0.2) is 0 Å². The summed E-state index contributed by atoms with van der Waals surface area (Å²) in [6.45, 7) is 1.88. The van der Waals surface area contributed by atoms with E-state index in [4.69, 9.17) is 16.6 Å². The van der Waals surface area contributed by atoms with Crippen LogP contribution in [0.2, 0.25) is 0 Å². The Labute approximate surface area is 127 Å². The number of hydrogen-bond acceptors (Lipinski definition) is 3. The lowest BCUT2D eigenvalue weighted by atomic mass is 10.1. The van der Waals surface area contributed by atoms with E-state index in [1.54, 1.807) is 7.05 Å². The summed E-state index contributed by atoms with van der Waals surface area (Å²) in [6.07, 6.45) is 0. The van der Waals surface area contributed by atoms with Gasteiger partial charge < -0.3 is 9.73 Å². The quantitative estimate of drug-likeness (QED) is 0.432. The van der Waals surface area contributed by atoms with E-state index in [-0.39, 0.29) is 0 Å². The summed E-state index contributed by atoms with van der Waals surface area (Å²) in [4.78, 5) is 0. The summed E-state index contributed by atoms with van der Waals surface area (Å²) >= 11 is 4.99. The highest BCUT2D eigenvalue weighted by atomic mass is 32.1. The molecule has 3 rings (SSSR count). The van der Waals surface area contributed by atoms with Crippen molar-refractivity contribution in [1.29, 1.82) is 0 Å². The molecule has 0 atom stereocenters. The summed E-state index contributed by atoms with van der Waals surface area (Å²) in [5.74, 6) is 0.729. The van der Waals surface area contributed by atoms with Gasteiger partial charge in [0.1, 0.15) is 11.3 Å². The van der Waals surface area contributed by atoms with Gasteiger partial charge in [0.05, 0.1) is 0 Å². The summed E-state index contributed by atoms with van der Waals surface area (Å²) in [5, 5.41) is 10.9. The third-order valence-corrected chi connectivity index (χ3v) is 3.63. The highest BCUT2D eigenvalue weighted by molar-refractivity contribution is 7.80. The van der Waals surface area contributed by atoms with Gasteiger partial charge in [0.15, 0.2) is 10.9 Å². The summed E-state index contributed by atoms with van der Waals surface area (Å²) < 4.78 is 5.87. The lowest BCUT2D eigenvalue weighted by Gasteiger charge is -2.01. The molecule has 5 heteroatoms. The van der Waals surface area contributed by atoms with Crippen molar-refractivity contribution in [3.05, 3.63) is 48.2 Å². The van der Waals surface area contributed by atoms with E-state index in [1.807, 2.05) is 31.2 Å². The first-order valence-corrected chi connectivity index (χ1v) is 7.03. The molecule has 21 heavy (non-hydrogen) atoms. The van der Waals surface area contributed by atoms with Gasteiger partial charge in [0.25, 0.3) is 0 Å². The van der Waals surface area contributed by atoms with Crippen LogP contribution in [0.25, 0.3) is 21.7 Å². The molecule has 3 aromatic rings.